The maximum atomic E-state index is 12.1. The fourth-order valence-corrected chi connectivity index (χ4v) is 2.86. The molecule has 3 rings (SSSR count). The van der Waals surface area contributed by atoms with Gasteiger partial charge < -0.3 is 9.40 Å². The molecule has 0 unspecified atom stereocenters. The van der Waals surface area contributed by atoms with Gasteiger partial charge in [-0.2, -0.15) is 0 Å². The molecule has 3 aromatic heterocycles. The lowest BCUT2D eigenvalue weighted by atomic mass is 10.4. The van der Waals surface area contributed by atoms with Crippen molar-refractivity contribution in [2.24, 2.45) is 14.1 Å². The van der Waals surface area contributed by atoms with E-state index in [0.717, 1.165) is 16.0 Å². The van der Waals surface area contributed by atoms with E-state index in [1.54, 1.807) is 7.05 Å². The highest BCUT2D eigenvalue weighted by molar-refractivity contribution is 7.98. The van der Waals surface area contributed by atoms with Gasteiger partial charge in [-0.25, -0.2) is 14.8 Å². The average molecular weight is 321 g/mol. The molecule has 0 amide bonds. The first-order chi connectivity index (χ1) is 10.4. The van der Waals surface area contributed by atoms with Crippen molar-refractivity contribution in [3.8, 4) is 0 Å². The van der Waals surface area contributed by atoms with Gasteiger partial charge in [-0.15, -0.1) is 0 Å². The van der Waals surface area contributed by atoms with Crippen molar-refractivity contribution in [2.45, 2.75) is 24.8 Å². The summed E-state index contributed by atoms with van der Waals surface area (Å²) in [6.07, 6.45) is 0. The maximum absolute atomic E-state index is 12.1. The molecule has 0 atom stereocenters. The Kier molecular flexibility index (Phi) is 3.44. The van der Waals surface area contributed by atoms with E-state index in [9.17, 15) is 9.59 Å². The van der Waals surface area contributed by atoms with Gasteiger partial charge in [0.25, 0.3) is 10.8 Å². The highest BCUT2D eigenvalue weighted by atomic mass is 32.2. The standard InChI is InChI=1S/C13H15N5O3S/c1-6-7(2)21-12(14-6)22-5-8-15-9-10(16-8)17(3)13(20)18(4)11(9)19/h5H2,1-4H3,(H,15,16). The van der Waals surface area contributed by atoms with Crippen molar-refractivity contribution in [1.82, 2.24) is 24.1 Å². The van der Waals surface area contributed by atoms with Crippen LogP contribution >= 0.6 is 11.8 Å². The monoisotopic (exact) mass is 321 g/mol. The number of aromatic nitrogens is 5. The molecular weight excluding hydrogens is 306 g/mol. The number of nitrogens with zero attached hydrogens (tertiary/aromatic N) is 4. The summed E-state index contributed by atoms with van der Waals surface area (Å²) in [6, 6.07) is 0. The fourth-order valence-electron chi connectivity index (χ4n) is 2.08. The third-order valence-electron chi connectivity index (χ3n) is 3.49. The minimum absolute atomic E-state index is 0.319. The summed E-state index contributed by atoms with van der Waals surface area (Å²) >= 11 is 1.38. The third kappa shape index (κ3) is 2.27. The first-order valence-electron chi connectivity index (χ1n) is 6.60. The van der Waals surface area contributed by atoms with Gasteiger partial charge in [-0.05, 0) is 13.8 Å². The van der Waals surface area contributed by atoms with Crippen molar-refractivity contribution >= 4 is 22.9 Å². The van der Waals surface area contributed by atoms with E-state index in [1.165, 1.54) is 23.4 Å². The molecule has 9 heteroatoms. The Balaban J connectivity index is 1.96. The molecule has 0 aliphatic rings. The van der Waals surface area contributed by atoms with E-state index in [0.29, 0.717) is 28.0 Å². The molecule has 0 aromatic carbocycles. The average Bonchev–Trinajstić information content (AvgIpc) is 3.05. The Morgan fingerprint density at radius 2 is 1.91 bits per heavy atom. The van der Waals surface area contributed by atoms with Gasteiger partial charge >= 0.3 is 5.69 Å². The molecule has 116 valence electrons. The van der Waals surface area contributed by atoms with Crippen molar-refractivity contribution in [3.63, 3.8) is 0 Å². The van der Waals surface area contributed by atoms with Crippen LogP contribution in [0.4, 0.5) is 0 Å². The summed E-state index contributed by atoms with van der Waals surface area (Å²) < 4.78 is 7.89. The Labute approximate surface area is 129 Å². The van der Waals surface area contributed by atoms with E-state index in [-0.39, 0.29) is 5.56 Å². The predicted octanol–water partition coefficient (Wildman–Crippen LogP) is 0.857. The van der Waals surface area contributed by atoms with Gasteiger partial charge in [0, 0.05) is 14.1 Å². The quantitative estimate of drug-likeness (QED) is 0.718. The number of rotatable bonds is 3. The zero-order chi connectivity index (χ0) is 16.0. The summed E-state index contributed by atoms with van der Waals surface area (Å²) in [6.45, 7) is 3.73. The second-order valence-electron chi connectivity index (χ2n) is 5.00. The highest BCUT2D eigenvalue weighted by Gasteiger charge is 2.14. The van der Waals surface area contributed by atoms with Gasteiger partial charge in [0.05, 0.1) is 11.4 Å². The molecule has 0 aliphatic carbocycles. The Bertz CT molecular complexity index is 959. The zero-order valence-corrected chi connectivity index (χ0v) is 13.4. The smallest absolute Gasteiger partial charge is 0.332 e. The van der Waals surface area contributed by atoms with E-state index in [2.05, 4.69) is 15.0 Å². The SMILES string of the molecule is Cc1nc(SCc2nc3c([nH]2)c(=O)n(C)c(=O)n3C)oc1C. The molecule has 1 N–H and O–H groups in total. The maximum Gasteiger partial charge on any atom is 0.332 e. The molecule has 3 aromatic rings. The van der Waals surface area contributed by atoms with Crippen molar-refractivity contribution < 1.29 is 4.42 Å². The van der Waals surface area contributed by atoms with Gasteiger partial charge in [0.2, 0.25) is 0 Å². The van der Waals surface area contributed by atoms with E-state index >= 15 is 0 Å². The second kappa shape index (κ2) is 5.16. The number of H-pyrrole nitrogens is 1. The Morgan fingerprint density at radius 3 is 2.55 bits per heavy atom. The number of fused-ring (bicyclic) bond motifs is 1. The van der Waals surface area contributed by atoms with Crippen molar-refractivity contribution in [1.29, 1.82) is 0 Å². The molecule has 0 saturated heterocycles. The summed E-state index contributed by atoms with van der Waals surface area (Å²) in [5.41, 5.74) is 0.735. The molecule has 0 spiro atoms. The molecule has 3 heterocycles. The summed E-state index contributed by atoms with van der Waals surface area (Å²) in [5.74, 6) is 1.83. The van der Waals surface area contributed by atoms with Crippen molar-refractivity contribution in [3.05, 3.63) is 38.1 Å². The van der Waals surface area contributed by atoms with Crippen LogP contribution in [-0.4, -0.2) is 24.1 Å². The third-order valence-corrected chi connectivity index (χ3v) is 4.32. The highest BCUT2D eigenvalue weighted by Crippen LogP contribution is 2.23. The number of aryl methyl sites for hydroxylation is 3. The second-order valence-corrected chi connectivity index (χ2v) is 5.92. The zero-order valence-electron chi connectivity index (χ0n) is 12.6. The number of hydrogen-bond donors (Lipinski definition) is 1. The minimum atomic E-state index is -0.401. The van der Waals surface area contributed by atoms with E-state index in [4.69, 9.17) is 4.42 Å². The van der Waals surface area contributed by atoms with Crippen molar-refractivity contribution in [2.75, 3.05) is 0 Å². The number of oxazole rings is 1. The minimum Gasteiger partial charge on any atom is -0.437 e. The van der Waals surface area contributed by atoms with Gasteiger partial charge in [-0.3, -0.25) is 13.9 Å². The van der Waals surface area contributed by atoms with E-state index in [1.807, 2.05) is 13.8 Å². The molecule has 22 heavy (non-hydrogen) atoms. The summed E-state index contributed by atoms with van der Waals surface area (Å²) in [4.78, 5) is 35.5. The number of aromatic amines is 1. The van der Waals surface area contributed by atoms with Crippen LogP contribution in [0.25, 0.3) is 11.2 Å². The lowest BCUT2D eigenvalue weighted by Gasteiger charge is -2.00. The summed E-state index contributed by atoms with van der Waals surface area (Å²) in [7, 11) is 3.03. The van der Waals surface area contributed by atoms with Crippen LogP contribution < -0.4 is 11.2 Å². The number of thioether (sulfide) groups is 1. The molecule has 8 nitrogen and oxygen atoms in total. The summed E-state index contributed by atoms with van der Waals surface area (Å²) in [5, 5.41) is 0.553. The van der Waals surface area contributed by atoms with Gasteiger partial charge in [0.1, 0.15) is 17.1 Å². The topological polar surface area (TPSA) is 98.7 Å². The molecule has 0 aliphatic heterocycles. The van der Waals surface area contributed by atoms with Crippen LogP contribution in [0.15, 0.2) is 19.2 Å². The van der Waals surface area contributed by atoms with Crippen LogP contribution in [0.1, 0.15) is 17.3 Å². The van der Waals surface area contributed by atoms with Gasteiger partial charge in [0.15, 0.2) is 5.65 Å². The Hall–Kier alpha value is -2.29. The van der Waals surface area contributed by atoms with E-state index < -0.39 is 5.69 Å². The lowest BCUT2D eigenvalue weighted by molar-refractivity contribution is 0.431. The molecule has 0 fully saturated rings. The predicted molar refractivity (Wildman–Crippen MR) is 82.1 cm³/mol. The molecule has 0 radical (unpaired) electrons. The molecule has 0 saturated carbocycles. The van der Waals surface area contributed by atoms with Crippen LogP contribution in [0, 0.1) is 13.8 Å². The first-order valence-corrected chi connectivity index (χ1v) is 7.58. The molecular formula is C13H15N5O3S. The largest absolute Gasteiger partial charge is 0.437 e. The van der Waals surface area contributed by atoms with Crippen LogP contribution in [0.5, 0.6) is 0 Å². The van der Waals surface area contributed by atoms with Crippen LogP contribution in [-0.2, 0) is 19.8 Å². The van der Waals surface area contributed by atoms with Crippen LogP contribution in [0.2, 0.25) is 0 Å². The number of imidazole rings is 1. The lowest BCUT2D eigenvalue weighted by Crippen LogP contribution is -2.36. The first kappa shape index (κ1) is 14.6. The number of hydrogen-bond acceptors (Lipinski definition) is 6. The Morgan fingerprint density at radius 1 is 1.18 bits per heavy atom. The van der Waals surface area contributed by atoms with Crippen LogP contribution in [0.3, 0.4) is 0 Å². The molecule has 0 bridgehead atoms. The fraction of sp³-hybridized carbons (Fsp3) is 0.385. The van der Waals surface area contributed by atoms with Gasteiger partial charge in [-0.1, -0.05) is 11.8 Å². The normalized spacial score (nSPS) is 11.5. The number of nitrogens with one attached hydrogen (secondary N) is 1.